The molecule has 0 aliphatic carbocycles. The summed E-state index contributed by atoms with van der Waals surface area (Å²) in [6.07, 6.45) is 3.59. The molecule has 0 aliphatic heterocycles. The van der Waals surface area contributed by atoms with Gasteiger partial charge >= 0.3 is 5.97 Å². The summed E-state index contributed by atoms with van der Waals surface area (Å²) in [7, 11) is 1.91. The number of carbonyl (C=O) groups is 1. The number of aromatic amines is 1. The summed E-state index contributed by atoms with van der Waals surface area (Å²) >= 11 is 2.70. The number of imidazole rings is 1. The molecular formula is C16H18N4O3S2. The summed E-state index contributed by atoms with van der Waals surface area (Å²) in [5.74, 6) is 0.140. The van der Waals surface area contributed by atoms with Crippen molar-refractivity contribution < 1.29 is 9.53 Å². The van der Waals surface area contributed by atoms with Crippen molar-refractivity contribution in [3.8, 4) is 0 Å². The van der Waals surface area contributed by atoms with E-state index in [1.54, 1.807) is 20.0 Å². The van der Waals surface area contributed by atoms with E-state index < -0.39 is 5.97 Å². The molecule has 3 heterocycles. The van der Waals surface area contributed by atoms with Crippen LogP contribution in [0.2, 0.25) is 0 Å². The summed E-state index contributed by atoms with van der Waals surface area (Å²) in [5, 5.41) is 1.20. The second kappa shape index (κ2) is 7.01. The first-order chi connectivity index (χ1) is 11.9. The molecule has 0 aliphatic rings. The van der Waals surface area contributed by atoms with Crippen molar-refractivity contribution in [2.75, 3.05) is 6.61 Å². The monoisotopic (exact) mass is 378 g/mol. The largest absolute Gasteiger partial charge is 0.462 e. The number of ether oxygens (including phenoxy) is 1. The highest BCUT2D eigenvalue weighted by molar-refractivity contribution is 7.99. The third-order valence-electron chi connectivity index (χ3n) is 3.72. The summed E-state index contributed by atoms with van der Waals surface area (Å²) in [5.41, 5.74) is 0.375. The number of hydrogen-bond donors (Lipinski definition) is 1. The number of thiophene rings is 1. The molecule has 3 aromatic rings. The van der Waals surface area contributed by atoms with Gasteiger partial charge < -0.3 is 14.3 Å². The first-order valence-electron chi connectivity index (χ1n) is 7.76. The quantitative estimate of drug-likeness (QED) is 0.542. The predicted molar refractivity (Wildman–Crippen MR) is 98.4 cm³/mol. The van der Waals surface area contributed by atoms with Gasteiger partial charge in [-0.1, -0.05) is 11.8 Å². The maximum Gasteiger partial charge on any atom is 0.348 e. The molecule has 7 nitrogen and oxygen atoms in total. The van der Waals surface area contributed by atoms with Crippen molar-refractivity contribution in [3.05, 3.63) is 39.0 Å². The zero-order valence-electron chi connectivity index (χ0n) is 14.3. The Morgan fingerprint density at radius 2 is 2.28 bits per heavy atom. The average molecular weight is 378 g/mol. The lowest BCUT2D eigenvalue weighted by Gasteiger charge is -2.10. The van der Waals surface area contributed by atoms with Crippen molar-refractivity contribution in [1.82, 2.24) is 19.5 Å². The minimum atomic E-state index is -0.417. The Hall–Kier alpha value is -2.13. The molecule has 25 heavy (non-hydrogen) atoms. The van der Waals surface area contributed by atoms with E-state index in [0.29, 0.717) is 33.1 Å². The average Bonchev–Trinajstić information content (AvgIpc) is 3.11. The van der Waals surface area contributed by atoms with Crippen LogP contribution in [-0.2, 0) is 11.8 Å². The van der Waals surface area contributed by atoms with Gasteiger partial charge in [-0.2, -0.15) is 0 Å². The summed E-state index contributed by atoms with van der Waals surface area (Å²) in [6, 6.07) is 0. The molecule has 0 saturated carbocycles. The highest BCUT2D eigenvalue weighted by atomic mass is 32.2. The van der Waals surface area contributed by atoms with Crippen molar-refractivity contribution in [3.63, 3.8) is 0 Å². The van der Waals surface area contributed by atoms with Crippen LogP contribution in [-0.4, -0.2) is 32.1 Å². The van der Waals surface area contributed by atoms with Crippen LogP contribution >= 0.6 is 23.1 Å². The van der Waals surface area contributed by atoms with E-state index in [-0.39, 0.29) is 10.8 Å². The molecule has 0 radical (unpaired) electrons. The fourth-order valence-electron chi connectivity index (χ4n) is 2.42. The minimum Gasteiger partial charge on any atom is -0.462 e. The molecular weight excluding hydrogens is 360 g/mol. The van der Waals surface area contributed by atoms with E-state index in [4.69, 9.17) is 4.74 Å². The fraction of sp³-hybridized carbons (Fsp3) is 0.375. The Morgan fingerprint density at radius 3 is 2.92 bits per heavy atom. The number of nitrogens with one attached hydrogen (secondary N) is 1. The number of hydrogen-bond acceptors (Lipinski definition) is 7. The zero-order valence-corrected chi connectivity index (χ0v) is 16.0. The van der Waals surface area contributed by atoms with Gasteiger partial charge in [-0.25, -0.2) is 14.8 Å². The predicted octanol–water partition coefficient (Wildman–Crippen LogP) is 3.06. The van der Waals surface area contributed by atoms with Crippen LogP contribution in [0.3, 0.4) is 0 Å². The number of H-pyrrole nitrogens is 1. The number of aromatic nitrogens is 4. The van der Waals surface area contributed by atoms with Crippen LogP contribution in [0.25, 0.3) is 10.2 Å². The number of aryl methyl sites for hydroxylation is 2. The molecule has 0 bridgehead atoms. The van der Waals surface area contributed by atoms with Crippen molar-refractivity contribution in [1.29, 1.82) is 0 Å². The lowest BCUT2D eigenvalue weighted by molar-refractivity contribution is 0.0531. The molecule has 3 aromatic heterocycles. The van der Waals surface area contributed by atoms with Crippen molar-refractivity contribution in [2.45, 2.75) is 31.2 Å². The highest BCUT2D eigenvalue weighted by Crippen LogP contribution is 2.33. The van der Waals surface area contributed by atoms with Gasteiger partial charge in [-0.05, 0) is 26.3 Å². The zero-order chi connectivity index (χ0) is 18.1. The maximum absolute atomic E-state index is 12.5. The summed E-state index contributed by atoms with van der Waals surface area (Å²) in [4.78, 5) is 37.2. The highest BCUT2D eigenvalue weighted by Gasteiger charge is 2.22. The van der Waals surface area contributed by atoms with Crippen molar-refractivity contribution in [2.24, 2.45) is 7.05 Å². The third-order valence-corrected chi connectivity index (χ3v) is 6.07. The van der Waals surface area contributed by atoms with Gasteiger partial charge in [0, 0.05) is 19.4 Å². The van der Waals surface area contributed by atoms with Crippen LogP contribution < -0.4 is 5.56 Å². The van der Waals surface area contributed by atoms with Gasteiger partial charge in [0.25, 0.3) is 5.56 Å². The van der Waals surface area contributed by atoms with Gasteiger partial charge in [0.15, 0.2) is 5.16 Å². The number of esters is 1. The van der Waals surface area contributed by atoms with E-state index in [9.17, 15) is 9.59 Å². The number of nitrogens with zero attached hydrogens (tertiary/aromatic N) is 3. The molecule has 0 spiro atoms. The molecule has 0 amide bonds. The molecule has 0 fully saturated rings. The molecule has 0 saturated heterocycles. The minimum absolute atomic E-state index is 0.0911. The smallest absolute Gasteiger partial charge is 0.348 e. The van der Waals surface area contributed by atoms with Gasteiger partial charge in [-0.3, -0.25) is 4.79 Å². The Labute approximate surface area is 152 Å². The molecule has 3 rings (SSSR count). The molecule has 1 atom stereocenters. The second-order valence-corrected chi connectivity index (χ2v) is 7.80. The standard InChI is InChI=1S/C16H18N4O3S2/c1-5-23-15(22)11-8(2)10-13(21)18-12(19-14(10)25-11)9(3)24-16-17-6-7-20(16)4/h6-7,9H,5H2,1-4H3,(H,18,19,21)/t9-/m1/s1. The first-order valence-corrected chi connectivity index (χ1v) is 9.46. The van der Waals surface area contributed by atoms with Gasteiger partial charge in [0.05, 0.1) is 17.2 Å². The van der Waals surface area contributed by atoms with E-state index >= 15 is 0 Å². The van der Waals surface area contributed by atoms with E-state index in [2.05, 4.69) is 15.0 Å². The molecule has 0 unspecified atom stereocenters. The maximum atomic E-state index is 12.5. The van der Waals surface area contributed by atoms with Gasteiger partial charge in [-0.15, -0.1) is 11.3 Å². The molecule has 1 N–H and O–H groups in total. The van der Waals surface area contributed by atoms with E-state index in [0.717, 1.165) is 5.16 Å². The Kier molecular flexibility index (Phi) is 4.96. The molecule has 0 aromatic carbocycles. The van der Waals surface area contributed by atoms with Crippen LogP contribution in [0.1, 0.15) is 40.2 Å². The normalized spacial score (nSPS) is 12.5. The SMILES string of the molecule is CCOC(=O)c1sc2nc([C@@H](C)Sc3nccn3C)[nH]c(=O)c2c1C. The number of fused-ring (bicyclic) bond motifs is 1. The third kappa shape index (κ3) is 3.34. The summed E-state index contributed by atoms with van der Waals surface area (Å²) < 4.78 is 6.96. The lowest BCUT2D eigenvalue weighted by Crippen LogP contribution is -2.13. The molecule has 132 valence electrons. The Balaban J connectivity index is 2.00. The second-order valence-electron chi connectivity index (χ2n) is 5.49. The summed E-state index contributed by atoms with van der Waals surface area (Å²) in [6.45, 7) is 5.74. The van der Waals surface area contributed by atoms with Crippen LogP contribution in [0, 0.1) is 6.92 Å². The van der Waals surface area contributed by atoms with Crippen molar-refractivity contribution >= 4 is 39.3 Å². The first kappa shape index (κ1) is 17.7. The fourth-order valence-corrected chi connectivity index (χ4v) is 4.39. The van der Waals surface area contributed by atoms with Crippen LogP contribution in [0.4, 0.5) is 0 Å². The Bertz CT molecular complexity index is 989. The molecule has 9 heteroatoms. The van der Waals surface area contributed by atoms with E-state index in [1.807, 2.05) is 24.7 Å². The number of carbonyl (C=O) groups excluding carboxylic acids is 1. The van der Waals surface area contributed by atoms with Crippen LogP contribution in [0.5, 0.6) is 0 Å². The Morgan fingerprint density at radius 1 is 1.52 bits per heavy atom. The van der Waals surface area contributed by atoms with Gasteiger partial charge in [0.2, 0.25) is 0 Å². The van der Waals surface area contributed by atoms with Crippen LogP contribution in [0.15, 0.2) is 22.3 Å². The number of rotatable bonds is 5. The number of thioether (sulfide) groups is 1. The van der Waals surface area contributed by atoms with E-state index in [1.165, 1.54) is 23.1 Å². The topological polar surface area (TPSA) is 89.9 Å². The van der Waals surface area contributed by atoms with Gasteiger partial charge in [0.1, 0.15) is 15.5 Å². The lowest BCUT2D eigenvalue weighted by atomic mass is 10.2.